The molecular formula is C26H26N4O5. The number of nitrogens with zero attached hydrogens (tertiary/aromatic N) is 3. The molecule has 1 N–H and O–H groups in total. The van der Waals surface area contributed by atoms with Gasteiger partial charge in [-0.2, -0.15) is 0 Å². The lowest BCUT2D eigenvalue weighted by Crippen LogP contribution is -2.28. The monoisotopic (exact) mass is 474 g/mol. The molecule has 9 nitrogen and oxygen atoms in total. The van der Waals surface area contributed by atoms with E-state index in [1.807, 2.05) is 37.3 Å². The van der Waals surface area contributed by atoms with Crippen LogP contribution >= 0.6 is 0 Å². The average Bonchev–Trinajstić information content (AvgIpc) is 3.54. The third-order valence-corrected chi connectivity index (χ3v) is 6.41. The van der Waals surface area contributed by atoms with Crippen molar-refractivity contribution in [3.8, 4) is 34.1 Å². The van der Waals surface area contributed by atoms with Crippen molar-refractivity contribution in [2.45, 2.75) is 19.5 Å². The van der Waals surface area contributed by atoms with Gasteiger partial charge in [0.1, 0.15) is 5.82 Å². The summed E-state index contributed by atoms with van der Waals surface area (Å²) in [6.45, 7) is 2.31. The molecule has 2 aromatic carbocycles. The predicted molar refractivity (Wildman–Crippen MR) is 130 cm³/mol. The van der Waals surface area contributed by atoms with Crippen LogP contribution in [0, 0.1) is 0 Å². The van der Waals surface area contributed by atoms with E-state index in [2.05, 4.69) is 9.97 Å². The topological polar surface area (TPSA) is 98.8 Å². The van der Waals surface area contributed by atoms with Gasteiger partial charge in [-0.25, -0.2) is 9.97 Å². The summed E-state index contributed by atoms with van der Waals surface area (Å²) >= 11 is 0. The lowest BCUT2D eigenvalue weighted by atomic mass is 9.94. The number of carbonyl (C=O) groups is 1. The summed E-state index contributed by atoms with van der Waals surface area (Å²) in [6.07, 6.45) is 3.43. The quantitative estimate of drug-likeness (QED) is 0.424. The van der Waals surface area contributed by atoms with E-state index < -0.39 is 0 Å². The molecule has 0 radical (unpaired) electrons. The number of carbonyl (C=O) groups excluding carboxylic acids is 1. The number of aromatic amines is 1. The van der Waals surface area contributed by atoms with E-state index >= 15 is 0 Å². The second-order valence-electron chi connectivity index (χ2n) is 8.19. The Bertz CT molecular complexity index is 1420. The van der Waals surface area contributed by atoms with Crippen LogP contribution < -0.4 is 18.9 Å². The fraction of sp³-hybridized carbons (Fsp3) is 0.269. The number of hydrogen-bond donors (Lipinski definition) is 1. The van der Waals surface area contributed by atoms with Crippen LogP contribution in [0.25, 0.3) is 22.0 Å². The van der Waals surface area contributed by atoms with Crippen LogP contribution in [0.4, 0.5) is 0 Å². The Labute approximate surface area is 202 Å². The third kappa shape index (κ3) is 3.60. The first kappa shape index (κ1) is 22.5. The molecule has 0 aliphatic carbocycles. The minimum Gasteiger partial charge on any atom is -0.493 e. The van der Waals surface area contributed by atoms with E-state index in [0.717, 1.165) is 16.5 Å². The largest absolute Gasteiger partial charge is 0.493 e. The molecule has 1 amide bonds. The Hall–Kier alpha value is -4.27. The number of rotatable bonds is 7. The number of fused-ring (bicyclic) bond motifs is 2. The maximum Gasteiger partial charge on any atom is 0.257 e. The molecule has 0 spiro atoms. The molecule has 1 aliphatic heterocycles. The highest BCUT2D eigenvalue weighted by Gasteiger charge is 2.37. The molecular weight excluding hydrogens is 448 g/mol. The zero-order valence-electron chi connectivity index (χ0n) is 20.2. The molecule has 5 rings (SSSR count). The number of pyridine rings is 1. The normalized spacial score (nSPS) is 13.6. The van der Waals surface area contributed by atoms with E-state index in [1.165, 1.54) is 0 Å². The second-order valence-corrected chi connectivity index (χ2v) is 8.19. The van der Waals surface area contributed by atoms with E-state index in [4.69, 9.17) is 23.9 Å². The molecule has 0 fully saturated rings. The van der Waals surface area contributed by atoms with Crippen LogP contribution in [0.3, 0.4) is 0 Å². The van der Waals surface area contributed by atoms with Crippen LogP contribution in [0.15, 0.2) is 42.7 Å². The minimum absolute atomic E-state index is 0.113. The summed E-state index contributed by atoms with van der Waals surface area (Å²) in [5.41, 5.74) is 3.50. The Morgan fingerprint density at radius 1 is 0.914 bits per heavy atom. The van der Waals surface area contributed by atoms with Crippen LogP contribution in [0.2, 0.25) is 0 Å². The van der Waals surface area contributed by atoms with E-state index in [-0.39, 0.29) is 11.9 Å². The molecule has 1 atom stereocenters. The highest BCUT2D eigenvalue weighted by atomic mass is 16.5. The fourth-order valence-electron chi connectivity index (χ4n) is 4.62. The zero-order chi connectivity index (χ0) is 24.7. The molecule has 1 unspecified atom stereocenters. The van der Waals surface area contributed by atoms with Gasteiger partial charge in [0.2, 0.25) is 0 Å². The van der Waals surface area contributed by atoms with E-state index in [0.29, 0.717) is 52.1 Å². The maximum atomic E-state index is 13.9. The first-order chi connectivity index (χ1) is 17.0. The lowest BCUT2D eigenvalue weighted by Gasteiger charge is -2.22. The van der Waals surface area contributed by atoms with Crippen molar-refractivity contribution in [2.24, 2.45) is 0 Å². The standard InChI is InChI=1S/C26H26N4O5/c1-14(25-27-8-9-28-25)30-13-18-24(26(30)31)23(15-6-7-19(32-2)20(10-15)33-3)16-11-21(34-4)22(35-5)12-17(16)29-18/h6-12,14H,13H2,1-5H3,(H,27,28). The molecule has 0 saturated heterocycles. The summed E-state index contributed by atoms with van der Waals surface area (Å²) < 4.78 is 22.1. The van der Waals surface area contributed by atoms with Crippen molar-refractivity contribution >= 4 is 16.8 Å². The number of methoxy groups -OCH3 is 4. The van der Waals surface area contributed by atoms with Gasteiger partial charge in [0.15, 0.2) is 23.0 Å². The number of benzene rings is 2. The molecule has 0 saturated carbocycles. The second kappa shape index (κ2) is 8.83. The summed E-state index contributed by atoms with van der Waals surface area (Å²) in [4.78, 5) is 28.0. The first-order valence-electron chi connectivity index (χ1n) is 11.1. The van der Waals surface area contributed by atoms with Crippen molar-refractivity contribution in [1.29, 1.82) is 0 Å². The lowest BCUT2D eigenvalue weighted by molar-refractivity contribution is 0.0709. The van der Waals surface area contributed by atoms with Crippen molar-refractivity contribution in [1.82, 2.24) is 19.9 Å². The smallest absolute Gasteiger partial charge is 0.257 e. The molecule has 1 aliphatic rings. The van der Waals surface area contributed by atoms with Crippen molar-refractivity contribution in [2.75, 3.05) is 28.4 Å². The van der Waals surface area contributed by atoms with E-state index in [9.17, 15) is 4.79 Å². The molecule has 9 heteroatoms. The van der Waals surface area contributed by atoms with Gasteiger partial charge in [-0.3, -0.25) is 4.79 Å². The predicted octanol–water partition coefficient (Wildman–Crippen LogP) is 4.38. The summed E-state index contributed by atoms with van der Waals surface area (Å²) in [6, 6.07) is 9.06. The van der Waals surface area contributed by atoms with Gasteiger partial charge in [0.25, 0.3) is 5.91 Å². The minimum atomic E-state index is -0.253. The number of imidazole rings is 1. The average molecular weight is 475 g/mol. The van der Waals surface area contributed by atoms with Crippen LogP contribution in [-0.2, 0) is 6.54 Å². The highest BCUT2D eigenvalue weighted by Crippen LogP contribution is 2.44. The van der Waals surface area contributed by atoms with Gasteiger partial charge in [0.05, 0.1) is 57.8 Å². The van der Waals surface area contributed by atoms with Gasteiger partial charge < -0.3 is 28.8 Å². The number of H-pyrrole nitrogens is 1. The highest BCUT2D eigenvalue weighted by molar-refractivity contribution is 6.12. The van der Waals surface area contributed by atoms with Crippen molar-refractivity contribution in [3.63, 3.8) is 0 Å². The van der Waals surface area contributed by atoms with Crippen LogP contribution in [0.1, 0.15) is 34.8 Å². The van der Waals surface area contributed by atoms with Crippen molar-refractivity contribution < 1.29 is 23.7 Å². The third-order valence-electron chi connectivity index (χ3n) is 6.41. The van der Waals surface area contributed by atoms with Gasteiger partial charge in [0, 0.05) is 29.4 Å². The Morgan fingerprint density at radius 3 is 2.26 bits per heavy atom. The summed E-state index contributed by atoms with van der Waals surface area (Å²) in [7, 11) is 6.34. The maximum absolute atomic E-state index is 13.9. The number of amides is 1. The summed E-state index contributed by atoms with van der Waals surface area (Å²) in [5.74, 6) is 2.88. The summed E-state index contributed by atoms with van der Waals surface area (Å²) in [5, 5.41) is 0.773. The van der Waals surface area contributed by atoms with Gasteiger partial charge in [-0.05, 0) is 30.7 Å². The van der Waals surface area contributed by atoms with Gasteiger partial charge in [-0.1, -0.05) is 6.07 Å². The number of hydrogen-bond acceptors (Lipinski definition) is 7. The van der Waals surface area contributed by atoms with Crippen LogP contribution in [-0.4, -0.2) is 54.2 Å². The molecule has 2 aromatic heterocycles. The van der Waals surface area contributed by atoms with Crippen LogP contribution in [0.5, 0.6) is 23.0 Å². The number of ether oxygens (including phenoxy) is 4. The molecule has 180 valence electrons. The molecule has 3 heterocycles. The zero-order valence-corrected chi connectivity index (χ0v) is 20.2. The molecule has 0 bridgehead atoms. The van der Waals surface area contributed by atoms with Gasteiger partial charge >= 0.3 is 0 Å². The SMILES string of the molecule is COc1ccc(-c2c3c(nc4cc(OC)c(OC)cc24)CN(C(C)c2ncc[nH]2)C3=O)cc1OC. The fourth-order valence-corrected chi connectivity index (χ4v) is 4.62. The van der Waals surface area contributed by atoms with Gasteiger partial charge in [-0.15, -0.1) is 0 Å². The molecule has 4 aromatic rings. The Kier molecular flexibility index (Phi) is 5.68. The van der Waals surface area contributed by atoms with Crippen molar-refractivity contribution in [3.05, 3.63) is 59.8 Å². The first-order valence-corrected chi connectivity index (χ1v) is 11.1. The Morgan fingerprint density at radius 2 is 1.60 bits per heavy atom. The number of aromatic nitrogens is 3. The Balaban J connectivity index is 1.77. The van der Waals surface area contributed by atoms with E-state index in [1.54, 1.807) is 45.7 Å². The number of nitrogens with one attached hydrogen (secondary N) is 1. The molecule has 35 heavy (non-hydrogen) atoms.